The molecule has 1 aromatic carbocycles. The van der Waals surface area contributed by atoms with Crippen molar-refractivity contribution in [3.05, 3.63) is 47.0 Å². The second kappa shape index (κ2) is 8.38. The number of nitrogens with one attached hydrogen (secondary N) is 1. The Morgan fingerprint density at radius 2 is 2.10 bits per heavy atom. The maximum Gasteiger partial charge on any atom is 0.331 e. The summed E-state index contributed by atoms with van der Waals surface area (Å²) in [4.78, 5) is 23.1. The Labute approximate surface area is 123 Å². The molecule has 0 heterocycles. The molecule has 0 spiro atoms. The molecule has 0 aliphatic carbocycles. The van der Waals surface area contributed by atoms with Crippen molar-refractivity contribution in [2.45, 2.75) is 32.9 Å². The first-order chi connectivity index (χ1) is 9.54. The van der Waals surface area contributed by atoms with E-state index in [0.717, 1.165) is 12.0 Å². The monoisotopic (exact) mass is 295 g/mol. The molecule has 1 amide bonds. The molecule has 20 heavy (non-hydrogen) atoms. The number of esters is 1. The van der Waals surface area contributed by atoms with E-state index in [-0.39, 0.29) is 5.91 Å². The average Bonchev–Trinajstić information content (AvgIpc) is 2.43. The van der Waals surface area contributed by atoms with Gasteiger partial charge in [-0.1, -0.05) is 42.8 Å². The highest BCUT2D eigenvalue weighted by Crippen LogP contribution is 2.14. The molecule has 0 bridgehead atoms. The predicted molar refractivity (Wildman–Crippen MR) is 78.3 cm³/mol. The van der Waals surface area contributed by atoms with Gasteiger partial charge in [0, 0.05) is 17.6 Å². The number of rotatable bonds is 6. The second-order valence-electron chi connectivity index (χ2n) is 4.20. The molecule has 0 saturated carbocycles. The molecule has 1 aromatic rings. The minimum atomic E-state index is -0.841. The van der Waals surface area contributed by atoms with Crippen LogP contribution in [0.15, 0.2) is 36.4 Å². The van der Waals surface area contributed by atoms with Crippen molar-refractivity contribution < 1.29 is 14.3 Å². The SMILES string of the molecule is CC/C=C/C(=O)O[C@@H](C)C(=O)NCc1ccccc1Cl. The van der Waals surface area contributed by atoms with Gasteiger partial charge in [-0.2, -0.15) is 0 Å². The summed E-state index contributed by atoms with van der Waals surface area (Å²) in [6.07, 6.45) is 2.89. The fourth-order valence-corrected chi connectivity index (χ4v) is 1.65. The molecule has 1 atom stereocenters. The van der Waals surface area contributed by atoms with Crippen LogP contribution >= 0.6 is 11.6 Å². The van der Waals surface area contributed by atoms with Gasteiger partial charge in [-0.3, -0.25) is 4.79 Å². The Hall–Kier alpha value is -1.81. The van der Waals surface area contributed by atoms with Crippen molar-refractivity contribution in [3.63, 3.8) is 0 Å². The molecule has 0 aliphatic heterocycles. The zero-order chi connectivity index (χ0) is 15.0. The smallest absolute Gasteiger partial charge is 0.331 e. The van der Waals surface area contributed by atoms with Gasteiger partial charge in [0.25, 0.3) is 5.91 Å². The highest BCUT2D eigenvalue weighted by molar-refractivity contribution is 6.31. The second-order valence-corrected chi connectivity index (χ2v) is 4.61. The highest BCUT2D eigenvalue weighted by atomic mass is 35.5. The number of benzene rings is 1. The first kappa shape index (κ1) is 16.2. The summed E-state index contributed by atoms with van der Waals surface area (Å²) in [7, 11) is 0. The van der Waals surface area contributed by atoms with Crippen molar-refractivity contribution in [2.24, 2.45) is 0 Å². The number of halogens is 1. The lowest BCUT2D eigenvalue weighted by molar-refractivity contribution is -0.150. The lowest BCUT2D eigenvalue weighted by Gasteiger charge is -2.12. The van der Waals surface area contributed by atoms with Crippen molar-refractivity contribution in [2.75, 3.05) is 0 Å². The van der Waals surface area contributed by atoms with Crippen LogP contribution in [0.3, 0.4) is 0 Å². The van der Waals surface area contributed by atoms with Crippen LogP contribution in [-0.4, -0.2) is 18.0 Å². The van der Waals surface area contributed by atoms with Gasteiger partial charge in [0.05, 0.1) is 0 Å². The van der Waals surface area contributed by atoms with E-state index in [9.17, 15) is 9.59 Å². The van der Waals surface area contributed by atoms with Gasteiger partial charge in [-0.05, 0) is 25.0 Å². The molecule has 108 valence electrons. The van der Waals surface area contributed by atoms with Crippen molar-refractivity contribution in [1.29, 1.82) is 0 Å². The lowest BCUT2D eigenvalue weighted by Crippen LogP contribution is -2.35. The Morgan fingerprint density at radius 1 is 1.40 bits per heavy atom. The molecule has 0 saturated heterocycles. The van der Waals surface area contributed by atoms with Gasteiger partial charge in [0.15, 0.2) is 6.10 Å². The number of ether oxygens (including phenoxy) is 1. The largest absolute Gasteiger partial charge is 0.449 e. The third-order valence-corrected chi connectivity index (χ3v) is 2.93. The van der Waals surface area contributed by atoms with Gasteiger partial charge in [-0.15, -0.1) is 0 Å². The van der Waals surface area contributed by atoms with Crippen LogP contribution in [0.5, 0.6) is 0 Å². The van der Waals surface area contributed by atoms with Crippen LogP contribution in [0.2, 0.25) is 5.02 Å². The van der Waals surface area contributed by atoms with Crippen molar-refractivity contribution >= 4 is 23.5 Å². The standard InChI is InChI=1S/C15H18ClNO3/c1-3-4-9-14(18)20-11(2)15(19)17-10-12-7-5-6-8-13(12)16/h4-9,11H,3,10H2,1-2H3,(H,17,19)/b9-4+/t11-/m0/s1. The number of allylic oxidation sites excluding steroid dienone is 1. The molecule has 0 aliphatic rings. The summed E-state index contributed by atoms with van der Waals surface area (Å²) < 4.78 is 4.96. The van der Waals surface area contributed by atoms with Crippen LogP contribution < -0.4 is 5.32 Å². The molecule has 0 fully saturated rings. The van der Waals surface area contributed by atoms with Crippen LogP contribution in [0.4, 0.5) is 0 Å². The van der Waals surface area contributed by atoms with E-state index in [1.54, 1.807) is 12.1 Å². The molecular weight excluding hydrogens is 278 g/mol. The van der Waals surface area contributed by atoms with E-state index in [1.165, 1.54) is 13.0 Å². The average molecular weight is 296 g/mol. The van der Waals surface area contributed by atoms with Crippen molar-refractivity contribution in [1.82, 2.24) is 5.32 Å². The third-order valence-electron chi connectivity index (χ3n) is 2.56. The van der Waals surface area contributed by atoms with Crippen LogP contribution in [0.1, 0.15) is 25.8 Å². The lowest BCUT2D eigenvalue weighted by atomic mass is 10.2. The number of amides is 1. The molecule has 0 unspecified atom stereocenters. The van der Waals surface area contributed by atoms with E-state index in [2.05, 4.69) is 5.32 Å². The topological polar surface area (TPSA) is 55.4 Å². The minimum Gasteiger partial charge on any atom is -0.449 e. The van der Waals surface area contributed by atoms with Gasteiger partial charge in [-0.25, -0.2) is 4.79 Å². The summed E-state index contributed by atoms with van der Waals surface area (Å²) in [5.41, 5.74) is 0.812. The van der Waals surface area contributed by atoms with Crippen LogP contribution in [0, 0.1) is 0 Å². The number of hydrogen-bond acceptors (Lipinski definition) is 3. The summed E-state index contributed by atoms with van der Waals surface area (Å²) in [5, 5.41) is 3.26. The van der Waals surface area contributed by atoms with Gasteiger partial charge in [0.1, 0.15) is 0 Å². The summed E-state index contributed by atoms with van der Waals surface area (Å²) in [5.74, 6) is -0.879. The summed E-state index contributed by atoms with van der Waals surface area (Å²) >= 11 is 5.98. The van der Waals surface area contributed by atoms with Gasteiger partial charge >= 0.3 is 5.97 Å². The molecule has 0 radical (unpaired) electrons. The third kappa shape index (κ3) is 5.45. The Balaban J connectivity index is 2.44. The number of carbonyl (C=O) groups excluding carboxylic acids is 2. The Bertz CT molecular complexity index is 500. The fourth-order valence-electron chi connectivity index (χ4n) is 1.45. The van der Waals surface area contributed by atoms with E-state index in [1.807, 2.05) is 25.1 Å². The van der Waals surface area contributed by atoms with E-state index >= 15 is 0 Å². The molecule has 5 heteroatoms. The minimum absolute atomic E-state index is 0.297. The zero-order valence-electron chi connectivity index (χ0n) is 11.6. The van der Waals surface area contributed by atoms with E-state index in [0.29, 0.717) is 11.6 Å². The Kier molecular flexibility index (Phi) is 6.81. The first-order valence-corrected chi connectivity index (χ1v) is 6.80. The maximum atomic E-state index is 11.8. The maximum absolute atomic E-state index is 11.8. The highest BCUT2D eigenvalue weighted by Gasteiger charge is 2.16. The predicted octanol–water partition coefficient (Wildman–Crippen LogP) is 2.85. The van der Waals surface area contributed by atoms with Crippen LogP contribution in [-0.2, 0) is 20.9 Å². The molecule has 0 aromatic heterocycles. The molecular formula is C15H18ClNO3. The van der Waals surface area contributed by atoms with E-state index in [4.69, 9.17) is 16.3 Å². The quantitative estimate of drug-likeness (QED) is 0.648. The van der Waals surface area contributed by atoms with Gasteiger partial charge in [0.2, 0.25) is 0 Å². The number of hydrogen-bond donors (Lipinski definition) is 1. The van der Waals surface area contributed by atoms with Crippen LogP contribution in [0.25, 0.3) is 0 Å². The molecule has 1 rings (SSSR count). The summed E-state index contributed by atoms with van der Waals surface area (Å²) in [6.45, 7) is 3.73. The Morgan fingerprint density at radius 3 is 2.75 bits per heavy atom. The normalized spacial score (nSPS) is 12.2. The zero-order valence-corrected chi connectivity index (χ0v) is 12.3. The molecule has 4 nitrogen and oxygen atoms in total. The fraction of sp³-hybridized carbons (Fsp3) is 0.333. The van der Waals surface area contributed by atoms with Crippen molar-refractivity contribution in [3.8, 4) is 0 Å². The first-order valence-electron chi connectivity index (χ1n) is 6.42. The number of carbonyl (C=O) groups is 2. The van der Waals surface area contributed by atoms with E-state index < -0.39 is 12.1 Å². The summed E-state index contributed by atoms with van der Waals surface area (Å²) in [6, 6.07) is 7.23. The van der Waals surface area contributed by atoms with Gasteiger partial charge < -0.3 is 10.1 Å². The molecule has 1 N–H and O–H groups in total.